The molecule has 0 unspecified atom stereocenters. The zero-order valence-corrected chi connectivity index (χ0v) is 14.9. The first kappa shape index (κ1) is 17.8. The standard InChI is InChI=1S/C18H18ClN5O2/c1-23-16(13-7-3-2-4-8-13)22-24(18(23)26)12-11-20-17(25)21-15-10-6-5-9-14(15)19/h2-10H,11-12H2,1H3,(H2,20,21,25). The van der Waals surface area contributed by atoms with E-state index >= 15 is 0 Å². The zero-order chi connectivity index (χ0) is 18.5. The second-order valence-electron chi connectivity index (χ2n) is 5.62. The highest BCUT2D eigenvalue weighted by molar-refractivity contribution is 6.33. The number of hydrogen-bond donors (Lipinski definition) is 2. The van der Waals surface area contributed by atoms with Crippen LogP contribution in [0.4, 0.5) is 10.5 Å². The number of aromatic nitrogens is 3. The first-order valence-electron chi connectivity index (χ1n) is 8.05. The Bertz CT molecular complexity index is 965. The second-order valence-corrected chi connectivity index (χ2v) is 6.02. The summed E-state index contributed by atoms with van der Waals surface area (Å²) in [5.74, 6) is 0.580. The van der Waals surface area contributed by atoms with Crippen molar-refractivity contribution < 1.29 is 4.79 Å². The van der Waals surface area contributed by atoms with E-state index in [-0.39, 0.29) is 18.8 Å². The molecule has 2 aromatic carbocycles. The van der Waals surface area contributed by atoms with Crippen molar-refractivity contribution in [1.82, 2.24) is 19.7 Å². The van der Waals surface area contributed by atoms with Crippen LogP contribution in [0.25, 0.3) is 11.4 Å². The van der Waals surface area contributed by atoms with E-state index < -0.39 is 6.03 Å². The lowest BCUT2D eigenvalue weighted by Gasteiger charge is -2.08. The summed E-state index contributed by atoms with van der Waals surface area (Å²) in [4.78, 5) is 24.2. The predicted octanol–water partition coefficient (Wildman–Crippen LogP) is 2.72. The van der Waals surface area contributed by atoms with E-state index in [4.69, 9.17) is 11.6 Å². The maximum Gasteiger partial charge on any atom is 0.345 e. The number of carbonyl (C=O) groups excluding carboxylic acids is 1. The molecule has 3 aromatic rings. The van der Waals surface area contributed by atoms with Crippen LogP contribution in [-0.2, 0) is 13.6 Å². The Morgan fingerprint density at radius 3 is 2.54 bits per heavy atom. The van der Waals surface area contributed by atoms with Crippen LogP contribution in [0.1, 0.15) is 0 Å². The number of urea groups is 1. The zero-order valence-electron chi connectivity index (χ0n) is 14.1. The molecule has 0 radical (unpaired) electrons. The Hall–Kier alpha value is -3.06. The number of para-hydroxylation sites is 1. The van der Waals surface area contributed by atoms with Gasteiger partial charge in [0.1, 0.15) is 0 Å². The van der Waals surface area contributed by atoms with Crippen molar-refractivity contribution in [1.29, 1.82) is 0 Å². The summed E-state index contributed by atoms with van der Waals surface area (Å²) in [6.07, 6.45) is 0. The van der Waals surface area contributed by atoms with E-state index in [1.807, 2.05) is 30.3 Å². The molecule has 0 spiro atoms. The molecule has 3 rings (SSSR count). The molecule has 2 amide bonds. The number of nitrogens with zero attached hydrogens (tertiary/aromatic N) is 3. The third-order valence-corrected chi connectivity index (χ3v) is 4.13. The molecular weight excluding hydrogens is 354 g/mol. The van der Waals surface area contributed by atoms with Crippen LogP contribution < -0.4 is 16.3 Å². The van der Waals surface area contributed by atoms with Gasteiger partial charge < -0.3 is 10.6 Å². The topological polar surface area (TPSA) is 81.0 Å². The van der Waals surface area contributed by atoms with Crippen LogP contribution in [-0.4, -0.2) is 26.9 Å². The maximum absolute atomic E-state index is 12.3. The fourth-order valence-corrected chi connectivity index (χ4v) is 2.66. The number of carbonyl (C=O) groups is 1. The molecule has 0 aliphatic heterocycles. The fraction of sp³-hybridized carbons (Fsp3) is 0.167. The highest BCUT2D eigenvalue weighted by Gasteiger charge is 2.12. The summed E-state index contributed by atoms with van der Waals surface area (Å²) < 4.78 is 2.82. The van der Waals surface area contributed by atoms with Crippen molar-refractivity contribution in [3.63, 3.8) is 0 Å². The van der Waals surface area contributed by atoms with Gasteiger partial charge >= 0.3 is 11.7 Å². The number of anilines is 1. The van der Waals surface area contributed by atoms with Crippen molar-refractivity contribution in [3.05, 3.63) is 70.1 Å². The van der Waals surface area contributed by atoms with Crippen LogP contribution in [0.5, 0.6) is 0 Å². The van der Waals surface area contributed by atoms with Crippen LogP contribution in [0.3, 0.4) is 0 Å². The molecule has 1 aromatic heterocycles. The van der Waals surface area contributed by atoms with Gasteiger partial charge in [0.2, 0.25) is 0 Å². The molecule has 7 nitrogen and oxygen atoms in total. The Labute approximate surface area is 155 Å². The van der Waals surface area contributed by atoms with Gasteiger partial charge in [0.05, 0.1) is 17.3 Å². The van der Waals surface area contributed by atoms with Gasteiger partial charge in [-0.15, -0.1) is 5.10 Å². The summed E-state index contributed by atoms with van der Waals surface area (Å²) in [7, 11) is 1.67. The molecule has 0 fully saturated rings. The van der Waals surface area contributed by atoms with Crippen molar-refractivity contribution in [2.24, 2.45) is 7.05 Å². The molecule has 134 valence electrons. The number of rotatable bonds is 5. The first-order chi connectivity index (χ1) is 12.6. The second kappa shape index (κ2) is 7.88. The largest absolute Gasteiger partial charge is 0.345 e. The van der Waals surface area contributed by atoms with Gasteiger partial charge in [-0.2, -0.15) is 0 Å². The van der Waals surface area contributed by atoms with Gasteiger partial charge in [0, 0.05) is 19.2 Å². The van der Waals surface area contributed by atoms with E-state index in [9.17, 15) is 9.59 Å². The molecule has 2 N–H and O–H groups in total. The predicted molar refractivity (Wildman–Crippen MR) is 101 cm³/mol. The van der Waals surface area contributed by atoms with Crippen LogP contribution in [0.2, 0.25) is 5.02 Å². The number of nitrogens with one attached hydrogen (secondary N) is 2. The summed E-state index contributed by atoms with van der Waals surface area (Å²) in [5.41, 5.74) is 1.14. The minimum atomic E-state index is -0.398. The third-order valence-electron chi connectivity index (χ3n) is 3.80. The molecule has 0 bridgehead atoms. The highest BCUT2D eigenvalue weighted by atomic mass is 35.5. The van der Waals surface area contributed by atoms with Crippen molar-refractivity contribution in [3.8, 4) is 11.4 Å². The van der Waals surface area contributed by atoms with Crippen molar-refractivity contribution in [2.75, 3.05) is 11.9 Å². The van der Waals surface area contributed by atoms with Gasteiger partial charge in [-0.3, -0.25) is 4.57 Å². The highest BCUT2D eigenvalue weighted by Crippen LogP contribution is 2.20. The Kier molecular flexibility index (Phi) is 5.38. The summed E-state index contributed by atoms with van der Waals surface area (Å²) in [6, 6.07) is 16.0. The van der Waals surface area contributed by atoms with E-state index in [2.05, 4.69) is 15.7 Å². The Morgan fingerprint density at radius 1 is 1.12 bits per heavy atom. The minimum Gasteiger partial charge on any atom is -0.336 e. The summed E-state index contributed by atoms with van der Waals surface area (Å²) in [6.45, 7) is 0.511. The number of benzene rings is 2. The average Bonchev–Trinajstić information content (AvgIpc) is 2.93. The lowest BCUT2D eigenvalue weighted by Crippen LogP contribution is -2.34. The number of amides is 2. The van der Waals surface area contributed by atoms with Crippen LogP contribution in [0, 0.1) is 0 Å². The summed E-state index contributed by atoms with van der Waals surface area (Å²) >= 11 is 6.00. The van der Waals surface area contributed by atoms with Crippen LogP contribution in [0.15, 0.2) is 59.4 Å². The molecule has 0 atom stereocenters. The third kappa shape index (κ3) is 3.94. The van der Waals surface area contributed by atoms with E-state index in [1.54, 1.807) is 31.3 Å². The van der Waals surface area contributed by atoms with Crippen molar-refractivity contribution >= 4 is 23.3 Å². The minimum absolute atomic E-state index is 0.239. The number of hydrogen-bond acceptors (Lipinski definition) is 3. The van der Waals surface area contributed by atoms with E-state index in [0.717, 1.165) is 5.56 Å². The lowest BCUT2D eigenvalue weighted by molar-refractivity contribution is 0.251. The van der Waals surface area contributed by atoms with E-state index in [0.29, 0.717) is 16.5 Å². The smallest absolute Gasteiger partial charge is 0.336 e. The number of halogens is 1. The molecule has 0 aliphatic carbocycles. The van der Waals surface area contributed by atoms with Gasteiger partial charge in [-0.05, 0) is 12.1 Å². The van der Waals surface area contributed by atoms with Gasteiger partial charge in [-0.1, -0.05) is 54.1 Å². The SMILES string of the molecule is Cn1c(-c2ccccc2)nn(CCNC(=O)Nc2ccccc2Cl)c1=O. The Morgan fingerprint density at radius 2 is 1.81 bits per heavy atom. The van der Waals surface area contributed by atoms with Crippen molar-refractivity contribution in [2.45, 2.75) is 6.54 Å². The monoisotopic (exact) mass is 371 g/mol. The summed E-state index contributed by atoms with van der Waals surface area (Å²) in [5, 5.41) is 10.1. The lowest BCUT2D eigenvalue weighted by atomic mass is 10.2. The molecule has 8 heteroatoms. The maximum atomic E-state index is 12.3. The fourth-order valence-electron chi connectivity index (χ4n) is 2.48. The van der Waals surface area contributed by atoms with E-state index in [1.165, 1.54) is 9.25 Å². The molecular formula is C18H18ClN5O2. The average molecular weight is 372 g/mol. The van der Waals surface area contributed by atoms with Gasteiger partial charge in [0.15, 0.2) is 5.82 Å². The molecule has 0 saturated heterocycles. The molecule has 0 saturated carbocycles. The molecule has 26 heavy (non-hydrogen) atoms. The van der Waals surface area contributed by atoms with Gasteiger partial charge in [0.25, 0.3) is 0 Å². The van der Waals surface area contributed by atoms with Gasteiger partial charge in [-0.25, -0.2) is 14.3 Å². The molecule has 1 heterocycles. The Balaban J connectivity index is 1.61. The normalized spacial score (nSPS) is 10.5. The van der Waals surface area contributed by atoms with Crippen LogP contribution >= 0.6 is 11.6 Å². The molecule has 0 aliphatic rings. The first-order valence-corrected chi connectivity index (χ1v) is 8.42. The quantitative estimate of drug-likeness (QED) is 0.723.